The highest BCUT2D eigenvalue weighted by Crippen LogP contribution is 2.26. The second-order valence-corrected chi connectivity index (χ2v) is 4.49. The summed E-state index contributed by atoms with van der Waals surface area (Å²) in [5.41, 5.74) is 4.33. The SMILES string of the molecule is CN(CCCC#N)c1ccc2c(c1)CCC2. The maximum absolute atomic E-state index is 8.51. The summed E-state index contributed by atoms with van der Waals surface area (Å²) in [4.78, 5) is 2.25. The average Bonchev–Trinajstić information content (AvgIpc) is 2.76. The second-order valence-electron chi connectivity index (χ2n) is 4.49. The average molecular weight is 214 g/mol. The third-order valence-corrected chi connectivity index (χ3v) is 3.30. The zero-order valence-corrected chi connectivity index (χ0v) is 9.87. The molecule has 1 aliphatic rings. The number of rotatable bonds is 4. The van der Waals surface area contributed by atoms with Gasteiger partial charge in [0, 0.05) is 25.7 Å². The Morgan fingerprint density at radius 1 is 1.31 bits per heavy atom. The van der Waals surface area contributed by atoms with Gasteiger partial charge in [-0.15, -0.1) is 0 Å². The predicted octanol–water partition coefficient (Wildman–Crippen LogP) is 2.92. The number of nitriles is 1. The van der Waals surface area contributed by atoms with Crippen LogP contribution >= 0.6 is 0 Å². The van der Waals surface area contributed by atoms with Gasteiger partial charge in [0.05, 0.1) is 6.07 Å². The summed E-state index contributed by atoms with van der Waals surface area (Å²) in [6.45, 7) is 0.965. The first-order valence-corrected chi connectivity index (χ1v) is 6.01. The Bertz CT molecular complexity index is 404. The molecule has 1 aliphatic carbocycles. The van der Waals surface area contributed by atoms with Crippen LogP contribution in [0.5, 0.6) is 0 Å². The van der Waals surface area contributed by atoms with Crippen molar-refractivity contribution >= 4 is 5.69 Å². The summed E-state index contributed by atoms with van der Waals surface area (Å²) >= 11 is 0. The van der Waals surface area contributed by atoms with Gasteiger partial charge in [-0.25, -0.2) is 0 Å². The van der Waals surface area contributed by atoms with E-state index >= 15 is 0 Å². The van der Waals surface area contributed by atoms with Gasteiger partial charge in [-0.05, 0) is 48.9 Å². The first kappa shape index (κ1) is 11.0. The third-order valence-electron chi connectivity index (χ3n) is 3.30. The van der Waals surface area contributed by atoms with Crippen LogP contribution in [0, 0.1) is 11.3 Å². The fourth-order valence-electron chi connectivity index (χ4n) is 2.32. The van der Waals surface area contributed by atoms with Gasteiger partial charge in [-0.2, -0.15) is 5.26 Å². The Morgan fingerprint density at radius 2 is 2.12 bits per heavy atom. The van der Waals surface area contributed by atoms with Crippen molar-refractivity contribution in [2.24, 2.45) is 0 Å². The summed E-state index contributed by atoms with van der Waals surface area (Å²) in [5.74, 6) is 0. The van der Waals surface area contributed by atoms with E-state index in [-0.39, 0.29) is 0 Å². The van der Waals surface area contributed by atoms with Crippen LogP contribution in [0.25, 0.3) is 0 Å². The molecule has 0 amide bonds. The van der Waals surface area contributed by atoms with Gasteiger partial charge in [-0.3, -0.25) is 0 Å². The molecular weight excluding hydrogens is 196 g/mol. The van der Waals surface area contributed by atoms with E-state index in [9.17, 15) is 0 Å². The molecule has 0 atom stereocenters. The van der Waals surface area contributed by atoms with Gasteiger partial charge in [0.1, 0.15) is 0 Å². The lowest BCUT2D eigenvalue weighted by molar-refractivity contribution is 0.806. The highest BCUT2D eigenvalue weighted by Gasteiger charge is 2.11. The molecule has 2 heteroatoms. The first-order valence-electron chi connectivity index (χ1n) is 6.01. The van der Waals surface area contributed by atoms with E-state index in [4.69, 9.17) is 5.26 Å². The number of hydrogen-bond acceptors (Lipinski definition) is 2. The molecule has 0 bridgehead atoms. The monoisotopic (exact) mass is 214 g/mol. The van der Waals surface area contributed by atoms with Gasteiger partial charge in [0.25, 0.3) is 0 Å². The van der Waals surface area contributed by atoms with Crippen LogP contribution in [0.4, 0.5) is 5.69 Å². The Balaban J connectivity index is 2.01. The summed E-state index contributed by atoms with van der Waals surface area (Å²) in [5, 5.41) is 8.51. The van der Waals surface area contributed by atoms with E-state index in [0.29, 0.717) is 6.42 Å². The quantitative estimate of drug-likeness (QED) is 0.720. The van der Waals surface area contributed by atoms with Crippen molar-refractivity contribution in [1.29, 1.82) is 5.26 Å². The van der Waals surface area contributed by atoms with Crippen LogP contribution in [0.3, 0.4) is 0 Å². The Morgan fingerprint density at radius 3 is 2.94 bits per heavy atom. The molecule has 16 heavy (non-hydrogen) atoms. The van der Waals surface area contributed by atoms with Crippen molar-refractivity contribution in [3.63, 3.8) is 0 Å². The molecule has 0 unspecified atom stereocenters. The largest absolute Gasteiger partial charge is 0.375 e. The summed E-state index contributed by atoms with van der Waals surface area (Å²) in [6.07, 6.45) is 5.37. The highest BCUT2D eigenvalue weighted by molar-refractivity contribution is 5.51. The number of anilines is 1. The number of benzene rings is 1. The maximum Gasteiger partial charge on any atom is 0.0622 e. The van der Waals surface area contributed by atoms with Crippen LogP contribution in [0.15, 0.2) is 18.2 Å². The van der Waals surface area contributed by atoms with E-state index in [0.717, 1.165) is 13.0 Å². The minimum atomic E-state index is 0.648. The molecule has 0 radical (unpaired) electrons. The molecule has 0 fully saturated rings. The number of fused-ring (bicyclic) bond motifs is 1. The van der Waals surface area contributed by atoms with Crippen molar-refractivity contribution in [2.75, 3.05) is 18.5 Å². The fraction of sp³-hybridized carbons (Fsp3) is 0.500. The molecule has 84 valence electrons. The maximum atomic E-state index is 8.51. The standard InChI is InChI=1S/C14H18N2/c1-16(10-3-2-9-15)14-8-7-12-5-4-6-13(12)11-14/h7-8,11H,2-6,10H2,1H3. The van der Waals surface area contributed by atoms with Crippen molar-refractivity contribution in [3.05, 3.63) is 29.3 Å². The minimum absolute atomic E-state index is 0.648. The molecular formula is C14H18N2. The van der Waals surface area contributed by atoms with Gasteiger partial charge in [-0.1, -0.05) is 6.07 Å². The van der Waals surface area contributed by atoms with Gasteiger partial charge < -0.3 is 4.90 Å². The van der Waals surface area contributed by atoms with Crippen molar-refractivity contribution in [3.8, 4) is 6.07 Å². The molecule has 2 rings (SSSR count). The normalized spacial score (nSPS) is 13.2. The number of nitrogens with zero attached hydrogens (tertiary/aromatic N) is 2. The molecule has 0 N–H and O–H groups in total. The summed E-state index contributed by atoms with van der Waals surface area (Å²) in [6, 6.07) is 8.97. The third kappa shape index (κ3) is 2.36. The van der Waals surface area contributed by atoms with Crippen LogP contribution in [0.2, 0.25) is 0 Å². The lowest BCUT2D eigenvalue weighted by Crippen LogP contribution is -2.18. The lowest BCUT2D eigenvalue weighted by atomic mass is 10.1. The van der Waals surface area contributed by atoms with Gasteiger partial charge in [0.2, 0.25) is 0 Å². The molecule has 0 saturated carbocycles. The van der Waals surface area contributed by atoms with Crippen molar-refractivity contribution < 1.29 is 0 Å². The highest BCUT2D eigenvalue weighted by atomic mass is 15.1. The zero-order chi connectivity index (χ0) is 11.4. The first-order chi connectivity index (χ1) is 7.81. The van der Waals surface area contributed by atoms with E-state index < -0.39 is 0 Å². The Kier molecular flexibility index (Phi) is 3.46. The second kappa shape index (κ2) is 5.03. The minimum Gasteiger partial charge on any atom is -0.375 e. The topological polar surface area (TPSA) is 27.0 Å². The van der Waals surface area contributed by atoms with Crippen molar-refractivity contribution in [2.45, 2.75) is 32.1 Å². The summed E-state index contributed by atoms with van der Waals surface area (Å²) in [7, 11) is 2.11. The molecule has 0 spiro atoms. The molecule has 0 aliphatic heterocycles. The van der Waals surface area contributed by atoms with Crippen LogP contribution in [-0.2, 0) is 12.8 Å². The van der Waals surface area contributed by atoms with Crippen molar-refractivity contribution in [1.82, 2.24) is 0 Å². The lowest BCUT2D eigenvalue weighted by Gasteiger charge is -2.19. The molecule has 0 aromatic heterocycles. The zero-order valence-electron chi connectivity index (χ0n) is 9.87. The molecule has 0 heterocycles. The number of hydrogen-bond donors (Lipinski definition) is 0. The predicted molar refractivity (Wildman–Crippen MR) is 66.6 cm³/mol. The number of aryl methyl sites for hydroxylation is 2. The summed E-state index contributed by atoms with van der Waals surface area (Å²) < 4.78 is 0. The van der Waals surface area contributed by atoms with Crippen LogP contribution in [-0.4, -0.2) is 13.6 Å². The smallest absolute Gasteiger partial charge is 0.0622 e. The van der Waals surface area contributed by atoms with Crippen LogP contribution < -0.4 is 4.90 Å². The van der Waals surface area contributed by atoms with E-state index in [1.54, 1.807) is 0 Å². The molecule has 2 nitrogen and oxygen atoms in total. The van der Waals surface area contributed by atoms with Gasteiger partial charge in [0.15, 0.2) is 0 Å². The van der Waals surface area contributed by atoms with E-state index in [1.165, 1.54) is 36.1 Å². The van der Waals surface area contributed by atoms with Crippen LogP contribution in [0.1, 0.15) is 30.4 Å². The van der Waals surface area contributed by atoms with Gasteiger partial charge >= 0.3 is 0 Å². The number of unbranched alkanes of at least 4 members (excludes halogenated alkanes) is 1. The van der Waals surface area contributed by atoms with E-state index in [2.05, 4.69) is 36.2 Å². The molecule has 1 aromatic rings. The Hall–Kier alpha value is -1.49. The molecule has 1 aromatic carbocycles. The Labute approximate surface area is 97.5 Å². The molecule has 0 saturated heterocycles. The fourth-order valence-corrected chi connectivity index (χ4v) is 2.32. The van der Waals surface area contributed by atoms with E-state index in [1.807, 2.05) is 0 Å².